The average Bonchev–Trinajstić information content (AvgIpc) is 2.92. The number of pyridine rings is 1. The van der Waals surface area contributed by atoms with Crippen molar-refractivity contribution in [2.24, 2.45) is 0 Å². The van der Waals surface area contributed by atoms with Crippen molar-refractivity contribution in [3.8, 4) is 0 Å². The summed E-state index contributed by atoms with van der Waals surface area (Å²) in [5, 5.41) is 12.4. The number of nitrogens with zero attached hydrogens (tertiary/aromatic N) is 1. The zero-order chi connectivity index (χ0) is 14.5. The van der Waals surface area contributed by atoms with Crippen molar-refractivity contribution in [3.05, 3.63) is 23.4 Å². The van der Waals surface area contributed by atoms with Crippen molar-refractivity contribution < 1.29 is 14.6 Å². The summed E-state index contributed by atoms with van der Waals surface area (Å²) in [7, 11) is 0. The number of ether oxygens (including phenoxy) is 1. The minimum Gasteiger partial charge on any atom is -0.478 e. The van der Waals surface area contributed by atoms with Crippen LogP contribution < -0.4 is 5.32 Å². The first-order valence-corrected chi connectivity index (χ1v) is 7.22. The Morgan fingerprint density at radius 2 is 2.40 bits per heavy atom. The number of anilines is 1. The lowest BCUT2D eigenvalue weighted by molar-refractivity contribution is 0.0696. The molecule has 2 heterocycles. The molecule has 1 aromatic rings. The van der Waals surface area contributed by atoms with Gasteiger partial charge in [0.1, 0.15) is 5.82 Å². The highest BCUT2D eigenvalue weighted by atomic mass is 16.5. The third-order valence-electron chi connectivity index (χ3n) is 3.53. The predicted octanol–water partition coefficient (Wildman–Crippen LogP) is 2.71. The molecule has 1 aliphatic heterocycles. The molecule has 1 aromatic heterocycles. The summed E-state index contributed by atoms with van der Waals surface area (Å²) < 4.78 is 5.64. The first kappa shape index (κ1) is 14.8. The van der Waals surface area contributed by atoms with Crippen molar-refractivity contribution in [1.29, 1.82) is 0 Å². The van der Waals surface area contributed by atoms with E-state index in [4.69, 9.17) is 9.84 Å². The minimum absolute atomic E-state index is 0.128. The Hall–Kier alpha value is -1.62. The van der Waals surface area contributed by atoms with Gasteiger partial charge in [0, 0.05) is 12.3 Å². The van der Waals surface area contributed by atoms with Crippen LogP contribution in [0.1, 0.15) is 49.2 Å². The van der Waals surface area contributed by atoms with E-state index in [2.05, 4.69) is 17.2 Å². The van der Waals surface area contributed by atoms with Crippen LogP contribution in [0.3, 0.4) is 0 Å². The van der Waals surface area contributed by atoms with Gasteiger partial charge in [0.25, 0.3) is 0 Å². The number of aryl methyl sites for hydroxylation is 1. The van der Waals surface area contributed by atoms with Gasteiger partial charge in [-0.2, -0.15) is 0 Å². The molecule has 0 aliphatic carbocycles. The number of rotatable bonds is 6. The van der Waals surface area contributed by atoms with Gasteiger partial charge in [-0.05, 0) is 38.3 Å². The third kappa shape index (κ3) is 3.70. The predicted molar refractivity (Wildman–Crippen MR) is 77.3 cm³/mol. The van der Waals surface area contributed by atoms with E-state index < -0.39 is 5.97 Å². The molecule has 2 atom stereocenters. The number of hydrogen-bond acceptors (Lipinski definition) is 4. The Morgan fingerprint density at radius 1 is 1.60 bits per heavy atom. The normalized spacial score (nSPS) is 19.8. The van der Waals surface area contributed by atoms with E-state index in [0.29, 0.717) is 5.82 Å². The largest absolute Gasteiger partial charge is 0.478 e. The van der Waals surface area contributed by atoms with Crippen LogP contribution in [0.2, 0.25) is 0 Å². The quantitative estimate of drug-likeness (QED) is 0.837. The molecule has 0 amide bonds. The minimum atomic E-state index is -0.919. The number of carboxylic acids is 1. The summed E-state index contributed by atoms with van der Waals surface area (Å²) in [5.74, 6) is -0.297. The maximum Gasteiger partial charge on any atom is 0.335 e. The van der Waals surface area contributed by atoms with E-state index in [9.17, 15) is 4.79 Å². The molecule has 1 aliphatic rings. The Labute approximate surface area is 119 Å². The van der Waals surface area contributed by atoms with E-state index in [-0.39, 0.29) is 17.7 Å². The summed E-state index contributed by atoms with van der Waals surface area (Å²) in [4.78, 5) is 15.7. The molecule has 0 spiro atoms. The highest BCUT2D eigenvalue weighted by Crippen LogP contribution is 2.19. The fourth-order valence-corrected chi connectivity index (χ4v) is 2.49. The van der Waals surface area contributed by atoms with Gasteiger partial charge in [-0.3, -0.25) is 0 Å². The number of hydrogen-bond donors (Lipinski definition) is 2. The standard InChI is InChI=1S/C15H22N2O3/c1-3-5-12-8-11(15(18)19)9-14(17-12)16-10(2)13-6-4-7-20-13/h8-10,13H,3-7H2,1-2H3,(H,16,17)(H,18,19). The zero-order valence-corrected chi connectivity index (χ0v) is 12.1. The number of carbonyl (C=O) groups is 1. The van der Waals surface area contributed by atoms with E-state index >= 15 is 0 Å². The molecule has 0 radical (unpaired) electrons. The van der Waals surface area contributed by atoms with Gasteiger partial charge >= 0.3 is 5.97 Å². The van der Waals surface area contributed by atoms with Crippen molar-refractivity contribution in [3.63, 3.8) is 0 Å². The van der Waals surface area contributed by atoms with Crippen LogP contribution in [0.5, 0.6) is 0 Å². The second-order valence-electron chi connectivity index (χ2n) is 5.27. The molecule has 20 heavy (non-hydrogen) atoms. The van der Waals surface area contributed by atoms with Gasteiger partial charge in [0.15, 0.2) is 0 Å². The first-order valence-electron chi connectivity index (χ1n) is 7.22. The van der Waals surface area contributed by atoms with E-state index in [1.807, 2.05) is 6.92 Å². The van der Waals surface area contributed by atoms with Crippen molar-refractivity contribution in [1.82, 2.24) is 4.98 Å². The monoisotopic (exact) mass is 278 g/mol. The fourth-order valence-electron chi connectivity index (χ4n) is 2.49. The van der Waals surface area contributed by atoms with Gasteiger partial charge < -0.3 is 15.2 Å². The Bertz CT molecular complexity index is 470. The average molecular weight is 278 g/mol. The maximum absolute atomic E-state index is 11.2. The second kappa shape index (κ2) is 6.70. The van der Waals surface area contributed by atoms with Gasteiger partial charge in [-0.15, -0.1) is 0 Å². The molecular weight excluding hydrogens is 256 g/mol. The molecule has 5 nitrogen and oxygen atoms in total. The van der Waals surface area contributed by atoms with Crippen molar-refractivity contribution in [2.75, 3.05) is 11.9 Å². The molecule has 2 rings (SSSR count). The lowest BCUT2D eigenvalue weighted by Gasteiger charge is -2.21. The molecule has 0 saturated carbocycles. The SMILES string of the molecule is CCCc1cc(C(=O)O)cc(NC(C)C2CCCO2)n1. The summed E-state index contributed by atoms with van der Waals surface area (Å²) in [6, 6.07) is 3.37. The zero-order valence-electron chi connectivity index (χ0n) is 12.1. The maximum atomic E-state index is 11.2. The molecule has 0 aromatic carbocycles. The fraction of sp³-hybridized carbons (Fsp3) is 0.600. The number of nitrogens with one attached hydrogen (secondary N) is 1. The van der Waals surface area contributed by atoms with Crippen LogP contribution in [-0.2, 0) is 11.2 Å². The smallest absolute Gasteiger partial charge is 0.335 e. The molecule has 110 valence electrons. The van der Waals surface area contributed by atoms with Gasteiger partial charge in [0.05, 0.1) is 17.7 Å². The summed E-state index contributed by atoms with van der Waals surface area (Å²) in [6.07, 6.45) is 4.02. The molecule has 1 fully saturated rings. The van der Waals surface area contributed by atoms with Crippen molar-refractivity contribution >= 4 is 11.8 Å². The Morgan fingerprint density at radius 3 is 3.00 bits per heavy atom. The topological polar surface area (TPSA) is 71.5 Å². The van der Waals surface area contributed by atoms with Gasteiger partial charge in [-0.25, -0.2) is 9.78 Å². The molecule has 2 unspecified atom stereocenters. The van der Waals surface area contributed by atoms with Crippen LogP contribution in [0.4, 0.5) is 5.82 Å². The second-order valence-corrected chi connectivity index (χ2v) is 5.27. The lowest BCUT2D eigenvalue weighted by atomic mass is 10.1. The summed E-state index contributed by atoms with van der Waals surface area (Å²) in [5.41, 5.74) is 1.10. The van der Waals surface area contributed by atoms with Crippen molar-refractivity contribution in [2.45, 2.75) is 51.7 Å². The van der Waals surface area contributed by atoms with E-state index in [1.165, 1.54) is 0 Å². The third-order valence-corrected chi connectivity index (χ3v) is 3.53. The molecule has 5 heteroatoms. The number of aromatic carboxylic acids is 1. The van der Waals surface area contributed by atoms with E-state index in [0.717, 1.165) is 38.0 Å². The number of aromatic nitrogens is 1. The summed E-state index contributed by atoms with van der Waals surface area (Å²) >= 11 is 0. The highest BCUT2D eigenvalue weighted by Gasteiger charge is 2.22. The molecule has 2 N–H and O–H groups in total. The molecular formula is C15H22N2O3. The van der Waals surface area contributed by atoms with Gasteiger partial charge in [0.2, 0.25) is 0 Å². The highest BCUT2D eigenvalue weighted by molar-refractivity contribution is 5.88. The first-order chi connectivity index (χ1) is 9.60. The Balaban J connectivity index is 2.14. The lowest BCUT2D eigenvalue weighted by Crippen LogP contribution is -2.30. The van der Waals surface area contributed by atoms with Crippen LogP contribution in [0, 0.1) is 0 Å². The molecule has 1 saturated heterocycles. The van der Waals surface area contributed by atoms with Crippen LogP contribution >= 0.6 is 0 Å². The van der Waals surface area contributed by atoms with Crippen LogP contribution in [0.15, 0.2) is 12.1 Å². The van der Waals surface area contributed by atoms with E-state index in [1.54, 1.807) is 12.1 Å². The number of carboxylic acid groups (broad SMARTS) is 1. The molecule has 0 bridgehead atoms. The van der Waals surface area contributed by atoms with Gasteiger partial charge in [-0.1, -0.05) is 13.3 Å². The summed E-state index contributed by atoms with van der Waals surface area (Å²) in [6.45, 7) is 4.90. The Kier molecular flexibility index (Phi) is 4.95. The van der Waals surface area contributed by atoms with Crippen LogP contribution in [0.25, 0.3) is 0 Å². The van der Waals surface area contributed by atoms with Crippen LogP contribution in [-0.4, -0.2) is 34.8 Å².